The lowest BCUT2D eigenvalue weighted by Gasteiger charge is -2.06. The number of hydrogen-bond donors (Lipinski definition) is 0. The first-order chi connectivity index (χ1) is 7.40. The molecule has 0 saturated heterocycles. The third kappa shape index (κ3) is 4.36. The van der Waals surface area contributed by atoms with E-state index in [0.29, 0.717) is 4.47 Å². The van der Waals surface area contributed by atoms with Crippen molar-refractivity contribution in [2.75, 3.05) is 13.2 Å². The van der Waals surface area contributed by atoms with Crippen LogP contribution in [0.4, 0.5) is 13.2 Å². The van der Waals surface area contributed by atoms with Crippen molar-refractivity contribution in [3.05, 3.63) is 22.6 Å². The number of alkyl halides is 3. The van der Waals surface area contributed by atoms with Crippen molar-refractivity contribution >= 4 is 21.7 Å². The van der Waals surface area contributed by atoms with Crippen LogP contribution in [0.5, 0.6) is 0 Å². The zero-order valence-electron chi connectivity index (χ0n) is 8.01. The molecule has 0 aliphatic heterocycles. The van der Waals surface area contributed by atoms with Crippen LogP contribution in [0.1, 0.15) is 17.0 Å². The van der Waals surface area contributed by atoms with E-state index >= 15 is 0 Å². The van der Waals surface area contributed by atoms with Crippen molar-refractivity contribution in [2.45, 2.75) is 12.6 Å². The number of furan rings is 1. The summed E-state index contributed by atoms with van der Waals surface area (Å²) in [6.45, 7) is -1.63. The minimum absolute atomic E-state index is 0.0932. The summed E-state index contributed by atoms with van der Waals surface area (Å²) in [6, 6.07) is 1.53. The van der Waals surface area contributed by atoms with Gasteiger partial charge in [0.25, 0.3) is 0 Å². The van der Waals surface area contributed by atoms with Crippen LogP contribution in [-0.2, 0) is 4.74 Å². The molecule has 3 nitrogen and oxygen atoms in total. The largest absolute Gasteiger partial charge is 0.460 e. The fraction of sp³-hybridized carbons (Fsp3) is 0.444. The standard InChI is InChI=1S/C9H8BrF3O3/c10-6-1-4-16-8(6)7(14)2-3-15-5-9(11,12)13/h1,4H,2-3,5H2. The van der Waals surface area contributed by atoms with E-state index in [9.17, 15) is 18.0 Å². The van der Waals surface area contributed by atoms with E-state index in [1.807, 2.05) is 0 Å². The summed E-state index contributed by atoms with van der Waals surface area (Å²) in [4.78, 5) is 11.4. The Morgan fingerprint density at radius 3 is 2.69 bits per heavy atom. The number of hydrogen-bond acceptors (Lipinski definition) is 3. The molecule has 0 aliphatic rings. The van der Waals surface area contributed by atoms with Gasteiger partial charge in [-0.3, -0.25) is 4.79 Å². The highest BCUT2D eigenvalue weighted by Crippen LogP contribution is 2.19. The molecule has 0 aliphatic carbocycles. The monoisotopic (exact) mass is 300 g/mol. The average Bonchev–Trinajstić information content (AvgIpc) is 2.57. The molecule has 0 bridgehead atoms. The molecule has 0 fully saturated rings. The quantitative estimate of drug-likeness (QED) is 0.619. The molecule has 1 rings (SSSR count). The number of halogens is 4. The normalized spacial score (nSPS) is 11.8. The van der Waals surface area contributed by atoms with Crippen LogP contribution in [0, 0.1) is 0 Å². The van der Waals surface area contributed by atoms with Crippen molar-refractivity contribution in [2.24, 2.45) is 0 Å². The minimum Gasteiger partial charge on any atom is -0.460 e. The van der Waals surface area contributed by atoms with E-state index in [-0.39, 0.29) is 18.8 Å². The van der Waals surface area contributed by atoms with Crippen molar-refractivity contribution < 1.29 is 27.1 Å². The van der Waals surface area contributed by atoms with Crippen LogP contribution < -0.4 is 0 Å². The molecule has 0 aromatic carbocycles. The van der Waals surface area contributed by atoms with E-state index in [2.05, 4.69) is 20.7 Å². The van der Waals surface area contributed by atoms with E-state index < -0.39 is 18.6 Å². The van der Waals surface area contributed by atoms with Crippen LogP contribution in [0.15, 0.2) is 21.2 Å². The number of carbonyl (C=O) groups excluding carboxylic acids is 1. The number of ketones is 1. The van der Waals surface area contributed by atoms with Gasteiger partial charge in [0.1, 0.15) is 6.61 Å². The third-order valence-corrected chi connectivity index (χ3v) is 2.23. The number of Topliss-reactive ketones (excluding diaryl/α,β-unsaturated/α-hetero) is 1. The van der Waals surface area contributed by atoms with Crippen molar-refractivity contribution in [3.63, 3.8) is 0 Å². The predicted molar refractivity (Wildman–Crippen MR) is 52.2 cm³/mol. The van der Waals surface area contributed by atoms with Crippen LogP contribution >= 0.6 is 15.9 Å². The fourth-order valence-electron chi connectivity index (χ4n) is 0.959. The molecule has 0 saturated carbocycles. The summed E-state index contributed by atoms with van der Waals surface area (Å²) in [5.74, 6) is -0.311. The maximum atomic E-state index is 11.7. The van der Waals surface area contributed by atoms with E-state index in [4.69, 9.17) is 4.42 Å². The maximum absolute atomic E-state index is 11.7. The third-order valence-electron chi connectivity index (χ3n) is 1.61. The second kappa shape index (κ2) is 5.49. The zero-order valence-corrected chi connectivity index (χ0v) is 9.60. The van der Waals surface area contributed by atoms with Crippen LogP contribution in [0.2, 0.25) is 0 Å². The maximum Gasteiger partial charge on any atom is 0.411 e. The molecular formula is C9H8BrF3O3. The molecular weight excluding hydrogens is 293 g/mol. The molecule has 0 unspecified atom stereocenters. The van der Waals surface area contributed by atoms with Gasteiger partial charge < -0.3 is 9.15 Å². The minimum atomic E-state index is -4.37. The second-order valence-electron chi connectivity index (χ2n) is 2.94. The van der Waals surface area contributed by atoms with Crippen molar-refractivity contribution in [1.29, 1.82) is 0 Å². The Kier molecular flexibility index (Phi) is 4.55. The molecule has 0 radical (unpaired) electrons. The van der Waals surface area contributed by atoms with Gasteiger partial charge in [0, 0.05) is 6.42 Å². The highest BCUT2D eigenvalue weighted by atomic mass is 79.9. The van der Waals surface area contributed by atoms with Crippen LogP contribution in [-0.4, -0.2) is 25.2 Å². The lowest BCUT2D eigenvalue weighted by Crippen LogP contribution is -2.18. The Bertz CT molecular complexity index is 359. The van der Waals surface area contributed by atoms with Gasteiger partial charge in [0.15, 0.2) is 5.76 Å². The summed E-state index contributed by atoms with van der Waals surface area (Å²) in [5, 5.41) is 0. The van der Waals surface area contributed by atoms with E-state index in [0.717, 1.165) is 0 Å². The molecule has 90 valence electrons. The van der Waals surface area contributed by atoms with Gasteiger partial charge >= 0.3 is 6.18 Å². The van der Waals surface area contributed by atoms with Gasteiger partial charge in [-0.25, -0.2) is 0 Å². The average molecular weight is 301 g/mol. The molecule has 0 spiro atoms. The van der Waals surface area contributed by atoms with Crippen LogP contribution in [0.3, 0.4) is 0 Å². The molecule has 7 heteroatoms. The second-order valence-corrected chi connectivity index (χ2v) is 3.79. The van der Waals surface area contributed by atoms with Gasteiger partial charge in [-0.1, -0.05) is 0 Å². The Hall–Kier alpha value is -0.820. The number of rotatable bonds is 5. The SMILES string of the molecule is O=C(CCOCC(F)(F)F)c1occc1Br. The molecule has 0 N–H and O–H groups in total. The predicted octanol–water partition coefficient (Wildman–Crippen LogP) is 3.19. The summed E-state index contributed by atoms with van der Waals surface area (Å²) in [6.07, 6.45) is -3.20. The Morgan fingerprint density at radius 1 is 1.50 bits per heavy atom. The van der Waals surface area contributed by atoms with Gasteiger partial charge in [-0.05, 0) is 22.0 Å². The lowest BCUT2D eigenvalue weighted by molar-refractivity contribution is -0.173. The molecule has 1 aromatic heterocycles. The first-order valence-electron chi connectivity index (χ1n) is 4.31. The van der Waals surface area contributed by atoms with E-state index in [1.165, 1.54) is 12.3 Å². The van der Waals surface area contributed by atoms with Gasteiger partial charge in [-0.15, -0.1) is 0 Å². The lowest BCUT2D eigenvalue weighted by atomic mass is 10.2. The Balaban J connectivity index is 2.29. The highest BCUT2D eigenvalue weighted by Gasteiger charge is 2.27. The number of carbonyl (C=O) groups is 1. The van der Waals surface area contributed by atoms with Crippen LogP contribution in [0.25, 0.3) is 0 Å². The molecule has 0 amide bonds. The fourth-order valence-corrected chi connectivity index (χ4v) is 1.38. The molecule has 1 heterocycles. The van der Waals surface area contributed by atoms with Crippen molar-refractivity contribution in [1.82, 2.24) is 0 Å². The first-order valence-corrected chi connectivity index (χ1v) is 5.10. The smallest absolute Gasteiger partial charge is 0.411 e. The summed E-state index contributed by atoms with van der Waals surface area (Å²) in [7, 11) is 0. The summed E-state index contributed by atoms with van der Waals surface area (Å²) < 4.78 is 44.7. The Labute approximate surface area is 97.7 Å². The Morgan fingerprint density at radius 2 is 2.19 bits per heavy atom. The summed E-state index contributed by atoms with van der Waals surface area (Å²) in [5.41, 5.74) is 0. The van der Waals surface area contributed by atoms with Gasteiger partial charge in [-0.2, -0.15) is 13.2 Å². The van der Waals surface area contributed by atoms with Gasteiger partial charge in [0.2, 0.25) is 5.78 Å². The van der Waals surface area contributed by atoms with Crippen molar-refractivity contribution in [3.8, 4) is 0 Å². The zero-order chi connectivity index (χ0) is 12.2. The van der Waals surface area contributed by atoms with E-state index in [1.54, 1.807) is 0 Å². The number of ether oxygens (including phenoxy) is 1. The topological polar surface area (TPSA) is 39.4 Å². The molecule has 1 aromatic rings. The highest BCUT2D eigenvalue weighted by molar-refractivity contribution is 9.10. The van der Waals surface area contributed by atoms with Gasteiger partial charge in [0.05, 0.1) is 17.3 Å². The molecule has 0 atom stereocenters. The molecule has 16 heavy (non-hydrogen) atoms. The summed E-state index contributed by atoms with van der Waals surface area (Å²) >= 11 is 3.07. The first kappa shape index (κ1) is 13.2.